The van der Waals surface area contributed by atoms with E-state index < -0.39 is 11.7 Å². The molecule has 0 saturated carbocycles. The summed E-state index contributed by atoms with van der Waals surface area (Å²) in [7, 11) is 0. The van der Waals surface area contributed by atoms with Gasteiger partial charge in [-0.3, -0.25) is 0 Å². The zero-order chi connectivity index (χ0) is 24.7. The minimum Gasteiger partial charge on any atom is -0.444 e. The van der Waals surface area contributed by atoms with E-state index >= 15 is 0 Å². The average molecular weight is 473 g/mol. The Hall–Kier alpha value is -3.55. The van der Waals surface area contributed by atoms with Crippen molar-refractivity contribution < 1.29 is 9.53 Å². The lowest BCUT2D eigenvalue weighted by Crippen LogP contribution is -2.36. The second-order valence-corrected chi connectivity index (χ2v) is 9.49. The highest BCUT2D eigenvalue weighted by molar-refractivity contribution is 6.30. The van der Waals surface area contributed by atoms with Crippen LogP contribution in [0.3, 0.4) is 0 Å². The second kappa shape index (κ2) is 11.0. The number of hydrogen-bond donors (Lipinski definition) is 1. The summed E-state index contributed by atoms with van der Waals surface area (Å²) in [4.78, 5) is 16.4. The molecule has 3 rings (SSSR count). The fourth-order valence-electron chi connectivity index (χ4n) is 3.24. The van der Waals surface area contributed by atoms with Gasteiger partial charge in [0.25, 0.3) is 0 Å². The van der Waals surface area contributed by atoms with Crippen molar-refractivity contribution in [2.45, 2.75) is 46.3 Å². The second-order valence-electron chi connectivity index (χ2n) is 9.05. The molecule has 0 aliphatic heterocycles. The van der Waals surface area contributed by atoms with Crippen LogP contribution in [0, 0.1) is 11.8 Å². The van der Waals surface area contributed by atoms with E-state index in [0.29, 0.717) is 10.7 Å². The van der Waals surface area contributed by atoms with Gasteiger partial charge in [-0.2, -0.15) is 0 Å². The van der Waals surface area contributed by atoms with Crippen molar-refractivity contribution in [1.82, 2.24) is 10.3 Å². The minimum absolute atomic E-state index is 0.156. The van der Waals surface area contributed by atoms with Gasteiger partial charge in [-0.1, -0.05) is 53.9 Å². The average Bonchev–Trinajstić information content (AvgIpc) is 2.77. The van der Waals surface area contributed by atoms with E-state index in [0.717, 1.165) is 27.8 Å². The van der Waals surface area contributed by atoms with Crippen molar-refractivity contribution in [2.24, 2.45) is 0 Å². The summed E-state index contributed by atoms with van der Waals surface area (Å²) < 4.78 is 5.30. The Bertz CT molecular complexity index is 1210. The Kier molecular flexibility index (Phi) is 8.15. The summed E-state index contributed by atoms with van der Waals surface area (Å²) in [5, 5.41) is 3.54. The third-order valence-corrected chi connectivity index (χ3v) is 5.11. The first-order valence-electron chi connectivity index (χ1n) is 11.1. The molecule has 0 bridgehead atoms. The number of benzene rings is 2. The number of pyridine rings is 1. The molecule has 4 nitrogen and oxygen atoms in total. The lowest BCUT2D eigenvalue weighted by atomic mass is 10.0. The Morgan fingerprint density at radius 2 is 1.65 bits per heavy atom. The summed E-state index contributed by atoms with van der Waals surface area (Å²) >= 11 is 5.95. The monoisotopic (exact) mass is 472 g/mol. The molecule has 2 aromatic carbocycles. The van der Waals surface area contributed by atoms with Crippen LogP contribution in [-0.2, 0) is 4.74 Å². The van der Waals surface area contributed by atoms with Crippen LogP contribution in [0.1, 0.15) is 51.4 Å². The van der Waals surface area contributed by atoms with E-state index in [9.17, 15) is 4.79 Å². The number of carbonyl (C=O) groups is 1. The molecule has 1 amide bonds. The smallest absolute Gasteiger partial charge is 0.408 e. The highest BCUT2D eigenvalue weighted by Gasteiger charge is 2.17. The highest BCUT2D eigenvalue weighted by atomic mass is 35.5. The number of carbonyl (C=O) groups excluding carboxylic acids is 1. The molecule has 0 spiro atoms. The van der Waals surface area contributed by atoms with Gasteiger partial charge in [0.1, 0.15) is 11.3 Å². The fourth-order valence-corrected chi connectivity index (χ4v) is 3.37. The van der Waals surface area contributed by atoms with E-state index in [2.05, 4.69) is 22.1 Å². The summed E-state index contributed by atoms with van der Waals surface area (Å²) in [5.74, 6) is 6.27. The molecular formula is C29H29ClN2O2. The van der Waals surface area contributed by atoms with Crippen molar-refractivity contribution in [3.8, 4) is 23.0 Å². The van der Waals surface area contributed by atoms with E-state index in [1.54, 1.807) is 0 Å². The van der Waals surface area contributed by atoms with Gasteiger partial charge in [0.05, 0.1) is 0 Å². The van der Waals surface area contributed by atoms with E-state index in [-0.39, 0.29) is 6.04 Å². The molecule has 1 N–H and O–H groups in total. The quantitative estimate of drug-likeness (QED) is 0.411. The van der Waals surface area contributed by atoms with Gasteiger partial charge in [-0.05, 0) is 87.6 Å². The Morgan fingerprint density at radius 1 is 1.00 bits per heavy atom. The molecule has 0 fully saturated rings. The number of hydrogen-bond acceptors (Lipinski definition) is 3. The van der Waals surface area contributed by atoms with Gasteiger partial charge < -0.3 is 10.1 Å². The number of nitrogens with zero attached hydrogens (tertiary/aromatic N) is 1. The number of halogens is 1. The first-order valence-corrected chi connectivity index (χ1v) is 11.5. The molecule has 3 aromatic rings. The van der Waals surface area contributed by atoms with Crippen LogP contribution in [0.4, 0.5) is 4.79 Å². The topological polar surface area (TPSA) is 51.2 Å². The summed E-state index contributed by atoms with van der Waals surface area (Å²) in [6, 6.07) is 19.4. The number of aromatic nitrogens is 1. The van der Waals surface area contributed by atoms with Gasteiger partial charge in [-0.15, -0.1) is 0 Å². The molecule has 0 aliphatic carbocycles. The molecule has 0 saturated heterocycles. The first kappa shape index (κ1) is 25.1. The Labute approximate surface area is 207 Å². The van der Waals surface area contributed by atoms with Gasteiger partial charge in [0, 0.05) is 28.4 Å². The van der Waals surface area contributed by atoms with Crippen LogP contribution in [0.5, 0.6) is 0 Å². The Morgan fingerprint density at radius 3 is 2.24 bits per heavy atom. The SMILES string of the molecule is CC(=C[C@H](C)NC(=O)OC(C)(C)C)c1ccc(C#Cc2ccc(-c3ccc(Cl)cc3)cn2)cc1. The predicted octanol–water partition coefficient (Wildman–Crippen LogP) is 7.12. The van der Waals surface area contributed by atoms with Crippen molar-refractivity contribution in [3.05, 3.63) is 94.8 Å². The summed E-state index contributed by atoms with van der Waals surface area (Å²) in [5.41, 5.74) is 5.29. The van der Waals surface area contributed by atoms with Gasteiger partial charge >= 0.3 is 6.09 Å². The summed E-state index contributed by atoms with van der Waals surface area (Å²) in [6.07, 6.45) is 3.39. The number of amides is 1. The van der Waals surface area contributed by atoms with Gasteiger partial charge in [0.15, 0.2) is 0 Å². The van der Waals surface area contributed by atoms with E-state index in [1.807, 2.05) is 108 Å². The van der Waals surface area contributed by atoms with Crippen LogP contribution in [-0.4, -0.2) is 22.7 Å². The predicted molar refractivity (Wildman–Crippen MR) is 140 cm³/mol. The lowest BCUT2D eigenvalue weighted by molar-refractivity contribution is 0.0518. The maximum Gasteiger partial charge on any atom is 0.408 e. The largest absolute Gasteiger partial charge is 0.444 e. The molecule has 174 valence electrons. The van der Waals surface area contributed by atoms with E-state index in [1.165, 1.54) is 0 Å². The number of alkyl carbamates (subject to hydrolysis) is 1. The van der Waals surface area contributed by atoms with Gasteiger partial charge in [-0.25, -0.2) is 9.78 Å². The highest BCUT2D eigenvalue weighted by Crippen LogP contribution is 2.21. The molecule has 5 heteroatoms. The zero-order valence-corrected chi connectivity index (χ0v) is 20.9. The van der Waals surface area contributed by atoms with Crippen molar-refractivity contribution in [3.63, 3.8) is 0 Å². The number of nitrogens with one attached hydrogen (secondary N) is 1. The van der Waals surface area contributed by atoms with Crippen LogP contribution in [0.25, 0.3) is 16.7 Å². The van der Waals surface area contributed by atoms with Crippen molar-refractivity contribution >= 4 is 23.3 Å². The molecule has 1 heterocycles. The van der Waals surface area contributed by atoms with Crippen molar-refractivity contribution in [2.75, 3.05) is 0 Å². The standard InChI is InChI=1S/C29H29ClN2O2/c1-20(18-21(2)32-28(33)34-29(3,4)5)23-9-6-22(7-10-23)8-16-27-17-13-25(19-31-27)24-11-14-26(30)15-12-24/h6-7,9-15,17-19,21H,1-5H3,(H,32,33)/t21-/m0/s1. The van der Waals surface area contributed by atoms with Crippen LogP contribution in [0.15, 0.2) is 72.9 Å². The lowest BCUT2D eigenvalue weighted by Gasteiger charge is -2.21. The van der Waals surface area contributed by atoms with Crippen LogP contribution < -0.4 is 5.32 Å². The van der Waals surface area contributed by atoms with Crippen molar-refractivity contribution in [1.29, 1.82) is 0 Å². The normalized spacial score (nSPS) is 12.4. The molecule has 34 heavy (non-hydrogen) atoms. The maximum absolute atomic E-state index is 11.9. The van der Waals surface area contributed by atoms with Gasteiger partial charge in [0.2, 0.25) is 0 Å². The van der Waals surface area contributed by atoms with Crippen LogP contribution >= 0.6 is 11.6 Å². The number of ether oxygens (including phenoxy) is 1. The number of allylic oxidation sites excluding steroid dienone is 1. The third kappa shape index (κ3) is 7.79. The zero-order valence-electron chi connectivity index (χ0n) is 20.1. The molecule has 1 aromatic heterocycles. The van der Waals surface area contributed by atoms with Crippen LogP contribution in [0.2, 0.25) is 5.02 Å². The third-order valence-electron chi connectivity index (χ3n) is 4.86. The summed E-state index contributed by atoms with van der Waals surface area (Å²) in [6.45, 7) is 9.46. The maximum atomic E-state index is 11.9. The van der Waals surface area contributed by atoms with E-state index in [4.69, 9.17) is 16.3 Å². The molecule has 1 atom stereocenters. The molecule has 0 aliphatic rings. The molecule has 0 radical (unpaired) electrons. The molecule has 0 unspecified atom stereocenters. The number of rotatable bonds is 4. The Balaban J connectivity index is 1.62. The minimum atomic E-state index is -0.520. The molecular weight excluding hydrogens is 444 g/mol. The fraction of sp³-hybridized carbons (Fsp3) is 0.241. The first-order chi connectivity index (χ1) is 16.1.